The van der Waals surface area contributed by atoms with Gasteiger partial charge in [0.25, 0.3) is 5.56 Å². The highest BCUT2D eigenvalue weighted by Gasteiger charge is 2.15. The van der Waals surface area contributed by atoms with Crippen LogP contribution in [0, 0.1) is 0 Å². The van der Waals surface area contributed by atoms with Gasteiger partial charge in [-0.05, 0) is 47.8 Å². The number of aromatic nitrogens is 2. The first-order valence-corrected chi connectivity index (χ1v) is 13.0. The van der Waals surface area contributed by atoms with Crippen LogP contribution in [0.5, 0.6) is 0 Å². The van der Waals surface area contributed by atoms with Crippen molar-refractivity contribution in [1.29, 1.82) is 0 Å². The second kappa shape index (κ2) is 10.4. The van der Waals surface area contributed by atoms with Gasteiger partial charge in [0.15, 0.2) is 5.16 Å². The molecular weight excluding hydrogens is 468 g/mol. The molecule has 1 amide bonds. The summed E-state index contributed by atoms with van der Waals surface area (Å²) >= 11 is 2.86. The van der Waals surface area contributed by atoms with Gasteiger partial charge in [-0.1, -0.05) is 30.0 Å². The van der Waals surface area contributed by atoms with E-state index >= 15 is 0 Å². The number of amides is 1. The number of nitrogens with zero attached hydrogens (tertiary/aromatic N) is 3. The van der Waals surface area contributed by atoms with Gasteiger partial charge < -0.3 is 15.0 Å². The minimum atomic E-state index is -0.0928. The van der Waals surface area contributed by atoms with Crippen LogP contribution in [0.25, 0.3) is 15.9 Å². The normalized spacial score (nSPS) is 13.8. The molecule has 4 aromatic rings. The Labute approximate surface area is 205 Å². The lowest BCUT2D eigenvalue weighted by Crippen LogP contribution is -2.36. The first-order chi connectivity index (χ1) is 16.7. The number of thiophene rings is 1. The number of hydrogen-bond donors (Lipinski definition) is 1. The summed E-state index contributed by atoms with van der Waals surface area (Å²) in [6, 6.07) is 19.2. The summed E-state index contributed by atoms with van der Waals surface area (Å²) in [5.74, 6) is 0.436. The lowest BCUT2D eigenvalue weighted by atomic mass is 10.2. The Balaban J connectivity index is 1.24. The first-order valence-electron chi connectivity index (χ1n) is 11.1. The number of hydrogen-bond acceptors (Lipinski definition) is 7. The van der Waals surface area contributed by atoms with Crippen molar-refractivity contribution in [2.45, 2.75) is 11.6 Å². The van der Waals surface area contributed by atoms with E-state index in [1.807, 2.05) is 60.0 Å². The quantitative estimate of drug-likeness (QED) is 0.304. The number of nitrogens with one attached hydrogen (secondary N) is 1. The maximum atomic E-state index is 13.1. The van der Waals surface area contributed by atoms with Crippen LogP contribution in [0.2, 0.25) is 0 Å². The summed E-state index contributed by atoms with van der Waals surface area (Å²) in [7, 11) is 0. The van der Waals surface area contributed by atoms with Crippen molar-refractivity contribution < 1.29 is 9.53 Å². The van der Waals surface area contributed by atoms with Crippen molar-refractivity contribution in [3.63, 3.8) is 0 Å². The van der Waals surface area contributed by atoms with Crippen LogP contribution in [0.15, 0.2) is 76.0 Å². The van der Waals surface area contributed by atoms with Gasteiger partial charge >= 0.3 is 0 Å². The fraction of sp³-hybridized carbons (Fsp3) is 0.240. The maximum Gasteiger partial charge on any atom is 0.267 e. The number of benzene rings is 2. The SMILES string of the molecule is O=C(CCSc1nc2sccc2c(=O)n1-c1ccccc1)Nc1ccc(N2CCOCC2)cc1. The Hall–Kier alpha value is -3.14. The molecule has 0 radical (unpaired) electrons. The van der Waals surface area contributed by atoms with Crippen LogP contribution in [0.4, 0.5) is 11.4 Å². The Bertz CT molecular complexity index is 1330. The van der Waals surface area contributed by atoms with Gasteiger partial charge in [0.05, 0.1) is 24.3 Å². The molecule has 1 fully saturated rings. The van der Waals surface area contributed by atoms with E-state index in [4.69, 9.17) is 9.72 Å². The molecular formula is C25H24N4O3S2. The zero-order chi connectivity index (χ0) is 23.3. The van der Waals surface area contributed by atoms with Crippen molar-refractivity contribution in [3.8, 4) is 5.69 Å². The number of rotatable bonds is 7. The van der Waals surface area contributed by atoms with Gasteiger partial charge in [-0.3, -0.25) is 14.2 Å². The van der Waals surface area contributed by atoms with E-state index in [-0.39, 0.29) is 11.5 Å². The predicted octanol–water partition coefficient (Wildman–Crippen LogP) is 4.40. The van der Waals surface area contributed by atoms with E-state index in [9.17, 15) is 9.59 Å². The second-order valence-corrected chi connectivity index (χ2v) is 9.76. The van der Waals surface area contributed by atoms with Crippen LogP contribution in [-0.2, 0) is 9.53 Å². The number of morpholine rings is 1. The van der Waals surface area contributed by atoms with Crippen LogP contribution >= 0.6 is 23.1 Å². The summed E-state index contributed by atoms with van der Waals surface area (Å²) in [5, 5.41) is 6.03. The van der Waals surface area contributed by atoms with Crippen LogP contribution < -0.4 is 15.8 Å². The summed E-state index contributed by atoms with van der Waals surface area (Å²) in [6.07, 6.45) is 0.309. The molecule has 1 aliphatic heterocycles. The molecule has 0 unspecified atom stereocenters. The van der Waals surface area contributed by atoms with Crippen molar-refractivity contribution in [1.82, 2.24) is 9.55 Å². The average Bonchev–Trinajstić information content (AvgIpc) is 3.35. The molecule has 1 aliphatic rings. The molecule has 7 nitrogen and oxygen atoms in total. The van der Waals surface area contributed by atoms with E-state index in [0.29, 0.717) is 27.5 Å². The molecule has 0 aliphatic carbocycles. The number of thioether (sulfide) groups is 1. The van der Waals surface area contributed by atoms with Gasteiger partial charge in [0, 0.05) is 36.6 Å². The Morgan fingerprint density at radius 1 is 1.03 bits per heavy atom. The fourth-order valence-electron chi connectivity index (χ4n) is 3.83. The molecule has 0 atom stereocenters. The zero-order valence-corrected chi connectivity index (χ0v) is 20.1. The minimum Gasteiger partial charge on any atom is -0.378 e. The smallest absolute Gasteiger partial charge is 0.267 e. The molecule has 0 spiro atoms. The maximum absolute atomic E-state index is 13.1. The lowest BCUT2D eigenvalue weighted by molar-refractivity contribution is -0.115. The van der Waals surface area contributed by atoms with E-state index < -0.39 is 0 Å². The van der Waals surface area contributed by atoms with Gasteiger partial charge in [0.2, 0.25) is 5.91 Å². The number of carbonyl (C=O) groups excluding carboxylic acids is 1. The van der Waals surface area contributed by atoms with Gasteiger partial charge in [-0.25, -0.2) is 4.98 Å². The fourth-order valence-corrected chi connectivity index (χ4v) is 5.59. The van der Waals surface area contributed by atoms with E-state index in [0.717, 1.165) is 43.4 Å². The van der Waals surface area contributed by atoms with Crippen molar-refractivity contribution in [3.05, 3.63) is 76.4 Å². The molecule has 0 bridgehead atoms. The average molecular weight is 493 g/mol. The third-order valence-corrected chi connectivity index (χ3v) is 7.32. The largest absolute Gasteiger partial charge is 0.378 e. The predicted molar refractivity (Wildman–Crippen MR) is 139 cm³/mol. The van der Waals surface area contributed by atoms with E-state index in [1.54, 1.807) is 10.6 Å². The molecule has 9 heteroatoms. The summed E-state index contributed by atoms with van der Waals surface area (Å²) < 4.78 is 7.03. The van der Waals surface area contributed by atoms with Crippen LogP contribution in [-0.4, -0.2) is 47.5 Å². The number of ether oxygens (including phenoxy) is 1. The molecule has 174 valence electrons. The minimum absolute atomic E-state index is 0.0718. The van der Waals surface area contributed by atoms with E-state index in [1.165, 1.54) is 23.1 Å². The summed E-state index contributed by atoms with van der Waals surface area (Å²) in [5.41, 5.74) is 2.57. The summed E-state index contributed by atoms with van der Waals surface area (Å²) in [4.78, 5) is 33.4. The molecule has 3 heterocycles. The molecule has 1 N–H and O–H groups in total. The highest BCUT2D eigenvalue weighted by atomic mass is 32.2. The third kappa shape index (κ3) is 5.01. The van der Waals surface area contributed by atoms with E-state index in [2.05, 4.69) is 10.2 Å². The van der Waals surface area contributed by atoms with Crippen molar-refractivity contribution >= 4 is 50.6 Å². The van der Waals surface area contributed by atoms with Crippen LogP contribution in [0.3, 0.4) is 0 Å². The number of para-hydroxylation sites is 1. The molecule has 2 aromatic carbocycles. The number of anilines is 2. The molecule has 1 saturated heterocycles. The topological polar surface area (TPSA) is 76.5 Å². The highest BCUT2D eigenvalue weighted by molar-refractivity contribution is 7.99. The molecule has 5 rings (SSSR count). The zero-order valence-electron chi connectivity index (χ0n) is 18.5. The third-order valence-electron chi connectivity index (χ3n) is 5.57. The van der Waals surface area contributed by atoms with Gasteiger partial charge in [0.1, 0.15) is 4.83 Å². The number of fused-ring (bicyclic) bond motifs is 1. The van der Waals surface area contributed by atoms with Gasteiger partial charge in [-0.15, -0.1) is 11.3 Å². The molecule has 34 heavy (non-hydrogen) atoms. The van der Waals surface area contributed by atoms with Gasteiger partial charge in [-0.2, -0.15) is 0 Å². The Morgan fingerprint density at radius 2 is 1.79 bits per heavy atom. The second-order valence-electron chi connectivity index (χ2n) is 7.80. The van der Waals surface area contributed by atoms with Crippen LogP contribution in [0.1, 0.15) is 6.42 Å². The standard InChI is InChI=1S/C25H24N4O3S2/c30-22(26-18-6-8-19(9-7-18)28-12-14-32-15-13-28)11-17-34-25-27-23-21(10-16-33-23)24(31)29(25)20-4-2-1-3-5-20/h1-10,16H,11-15,17H2,(H,26,30). The first kappa shape index (κ1) is 22.6. The lowest BCUT2D eigenvalue weighted by Gasteiger charge is -2.28. The summed E-state index contributed by atoms with van der Waals surface area (Å²) in [6.45, 7) is 3.23. The Morgan fingerprint density at radius 3 is 2.56 bits per heavy atom. The molecule has 0 saturated carbocycles. The molecule has 2 aromatic heterocycles. The highest BCUT2D eigenvalue weighted by Crippen LogP contribution is 2.25. The Kier molecular flexibility index (Phi) is 6.94. The van der Waals surface area contributed by atoms with Crippen molar-refractivity contribution in [2.24, 2.45) is 0 Å². The number of carbonyl (C=O) groups is 1. The van der Waals surface area contributed by atoms with Crippen molar-refractivity contribution in [2.75, 3.05) is 42.3 Å². The monoisotopic (exact) mass is 492 g/mol.